The van der Waals surface area contributed by atoms with Gasteiger partial charge in [-0.15, -0.1) is 0 Å². The highest BCUT2D eigenvalue weighted by molar-refractivity contribution is 14.1. The first kappa shape index (κ1) is 14.6. The molecule has 0 spiro atoms. The van der Waals surface area contributed by atoms with E-state index in [-0.39, 0.29) is 27.3 Å². The molecule has 17 heavy (non-hydrogen) atoms. The van der Waals surface area contributed by atoms with Crippen molar-refractivity contribution in [2.45, 2.75) is 19.8 Å². The number of esters is 1. The van der Waals surface area contributed by atoms with Crippen LogP contribution < -0.4 is 0 Å². The van der Waals surface area contributed by atoms with Gasteiger partial charge in [-0.05, 0) is 41.1 Å². The Labute approximate surface area is 116 Å². The lowest BCUT2D eigenvalue weighted by Gasteiger charge is -2.09. The zero-order valence-corrected chi connectivity index (χ0v) is 11.8. The normalized spacial score (nSPS) is 10.7. The fraction of sp³-hybridized carbons (Fsp3) is 0.400. The lowest BCUT2D eigenvalue weighted by atomic mass is 10.1. The molecular weight excluding hydrogens is 366 g/mol. The molecule has 1 aromatic heterocycles. The minimum atomic E-state index is -2.75. The minimum Gasteiger partial charge on any atom is -0.466 e. The highest BCUT2D eigenvalue weighted by Crippen LogP contribution is 2.27. The third-order valence-electron chi connectivity index (χ3n) is 1.89. The molecule has 3 nitrogen and oxygen atoms in total. The van der Waals surface area contributed by atoms with E-state index in [1.54, 1.807) is 29.5 Å². The van der Waals surface area contributed by atoms with Crippen molar-refractivity contribution < 1.29 is 18.3 Å². The maximum absolute atomic E-state index is 12.7. The molecule has 1 rings (SSSR count). The second-order valence-corrected chi connectivity index (χ2v) is 4.52. The van der Waals surface area contributed by atoms with Crippen molar-refractivity contribution in [2.75, 3.05) is 6.61 Å². The monoisotopic (exact) mass is 375 g/mol. The molecule has 0 unspecified atom stereocenters. The maximum Gasteiger partial charge on any atom is 0.310 e. The number of hydrogen-bond acceptors (Lipinski definition) is 3. The Morgan fingerprint density at radius 1 is 1.65 bits per heavy atom. The summed E-state index contributed by atoms with van der Waals surface area (Å²) in [5.41, 5.74) is -0.323. The van der Waals surface area contributed by atoms with Crippen molar-refractivity contribution in [3.63, 3.8) is 0 Å². The quantitative estimate of drug-likeness (QED) is 0.460. The van der Waals surface area contributed by atoms with Crippen molar-refractivity contribution >= 4 is 40.2 Å². The summed E-state index contributed by atoms with van der Waals surface area (Å²) in [6.07, 6.45) is -3.00. The number of nitrogens with zero attached hydrogens (tertiary/aromatic N) is 1. The summed E-state index contributed by atoms with van der Waals surface area (Å²) in [5.74, 6) is -0.575. The van der Waals surface area contributed by atoms with Gasteiger partial charge in [0.05, 0.1) is 18.1 Å². The fourth-order valence-electron chi connectivity index (χ4n) is 1.22. The third kappa shape index (κ3) is 4.02. The number of pyridine rings is 1. The Kier molecular flexibility index (Phi) is 5.51. The molecule has 0 radical (unpaired) electrons. The van der Waals surface area contributed by atoms with Gasteiger partial charge in [0, 0.05) is 0 Å². The SMILES string of the molecule is CCOC(=O)Cc1cc(Cl)c(I)nc1C(F)F. The van der Waals surface area contributed by atoms with E-state index < -0.39 is 18.1 Å². The lowest BCUT2D eigenvalue weighted by molar-refractivity contribution is -0.142. The first-order valence-corrected chi connectivity index (χ1v) is 6.20. The van der Waals surface area contributed by atoms with Crippen molar-refractivity contribution in [2.24, 2.45) is 0 Å². The molecule has 0 saturated carbocycles. The first-order chi connectivity index (χ1) is 7.95. The molecule has 0 atom stereocenters. The van der Waals surface area contributed by atoms with E-state index in [2.05, 4.69) is 4.98 Å². The summed E-state index contributed by atoms with van der Waals surface area (Å²) >= 11 is 7.54. The molecule has 0 aliphatic heterocycles. The summed E-state index contributed by atoms with van der Waals surface area (Å²) in [6.45, 7) is 1.85. The van der Waals surface area contributed by atoms with Gasteiger partial charge in [-0.2, -0.15) is 0 Å². The van der Waals surface area contributed by atoms with Crippen LogP contribution in [0.2, 0.25) is 5.02 Å². The van der Waals surface area contributed by atoms with Gasteiger partial charge >= 0.3 is 5.97 Å². The second-order valence-electron chi connectivity index (χ2n) is 3.09. The average molecular weight is 376 g/mol. The van der Waals surface area contributed by atoms with E-state index in [9.17, 15) is 13.6 Å². The van der Waals surface area contributed by atoms with Crippen LogP contribution >= 0.6 is 34.2 Å². The number of alkyl halides is 2. The van der Waals surface area contributed by atoms with Gasteiger partial charge in [-0.3, -0.25) is 4.79 Å². The summed E-state index contributed by atoms with van der Waals surface area (Å²) < 4.78 is 30.4. The van der Waals surface area contributed by atoms with Crippen LogP contribution in [-0.2, 0) is 16.0 Å². The molecule has 0 bridgehead atoms. The Balaban J connectivity index is 3.04. The standard InChI is InChI=1S/C10H9ClF2INO2/c1-2-17-7(16)4-5-3-6(11)10(14)15-8(5)9(12)13/h3,9H,2,4H2,1H3. The highest BCUT2D eigenvalue weighted by atomic mass is 127. The minimum absolute atomic E-state index is 0.101. The van der Waals surface area contributed by atoms with E-state index >= 15 is 0 Å². The summed E-state index contributed by atoms with van der Waals surface area (Å²) in [6, 6.07) is 1.33. The van der Waals surface area contributed by atoms with Crippen LogP contribution in [0.3, 0.4) is 0 Å². The number of carbonyl (C=O) groups excluding carboxylic acids is 1. The third-order valence-corrected chi connectivity index (χ3v) is 3.32. The van der Waals surface area contributed by atoms with Crippen LogP contribution in [0, 0.1) is 3.70 Å². The molecule has 1 heterocycles. The summed E-state index contributed by atoms with van der Waals surface area (Å²) in [7, 11) is 0. The summed E-state index contributed by atoms with van der Waals surface area (Å²) in [4.78, 5) is 14.9. The van der Waals surface area contributed by atoms with E-state index in [4.69, 9.17) is 16.3 Å². The van der Waals surface area contributed by atoms with Crippen molar-refractivity contribution in [1.29, 1.82) is 0 Å². The van der Waals surface area contributed by atoms with Crippen LogP contribution in [-0.4, -0.2) is 17.6 Å². The van der Waals surface area contributed by atoms with Crippen LogP contribution in [0.5, 0.6) is 0 Å². The molecule has 0 amide bonds. The average Bonchev–Trinajstić information content (AvgIpc) is 2.23. The predicted octanol–water partition coefficient (Wildman–Crippen LogP) is 3.38. The number of ether oxygens (including phenoxy) is 1. The van der Waals surface area contributed by atoms with Crippen LogP contribution in [0.4, 0.5) is 8.78 Å². The number of rotatable bonds is 4. The number of carbonyl (C=O) groups is 1. The second kappa shape index (κ2) is 6.44. The van der Waals surface area contributed by atoms with Crippen molar-refractivity contribution in [1.82, 2.24) is 4.98 Å². The highest BCUT2D eigenvalue weighted by Gasteiger charge is 2.19. The zero-order chi connectivity index (χ0) is 13.0. The zero-order valence-electron chi connectivity index (χ0n) is 8.84. The molecule has 0 aromatic carbocycles. The van der Waals surface area contributed by atoms with Gasteiger partial charge in [-0.25, -0.2) is 13.8 Å². The molecule has 0 fully saturated rings. The summed E-state index contributed by atoms with van der Waals surface area (Å²) in [5, 5.41) is 0.245. The predicted molar refractivity (Wildman–Crippen MR) is 67.3 cm³/mol. The molecule has 0 aliphatic carbocycles. The first-order valence-electron chi connectivity index (χ1n) is 4.74. The smallest absolute Gasteiger partial charge is 0.310 e. The van der Waals surface area contributed by atoms with Gasteiger partial charge in [0.25, 0.3) is 6.43 Å². The van der Waals surface area contributed by atoms with Crippen LogP contribution in [0.1, 0.15) is 24.6 Å². The largest absolute Gasteiger partial charge is 0.466 e. The van der Waals surface area contributed by atoms with Gasteiger partial charge in [-0.1, -0.05) is 11.6 Å². The molecule has 94 valence electrons. The van der Waals surface area contributed by atoms with E-state index in [0.29, 0.717) is 0 Å². The Morgan fingerprint density at radius 3 is 2.82 bits per heavy atom. The number of halogens is 4. The van der Waals surface area contributed by atoms with E-state index in [0.717, 1.165) is 0 Å². The van der Waals surface area contributed by atoms with Crippen LogP contribution in [0.15, 0.2) is 6.07 Å². The van der Waals surface area contributed by atoms with Gasteiger partial charge in [0.1, 0.15) is 9.39 Å². The van der Waals surface area contributed by atoms with Crippen molar-refractivity contribution in [3.8, 4) is 0 Å². The molecule has 1 aromatic rings. The molecule has 0 saturated heterocycles. The molecular formula is C10H9ClF2INO2. The maximum atomic E-state index is 12.7. The van der Waals surface area contributed by atoms with Gasteiger partial charge < -0.3 is 4.74 Å². The van der Waals surface area contributed by atoms with Gasteiger partial charge in [0.15, 0.2) is 0 Å². The fourth-order valence-corrected chi connectivity index (χ4v) is 1.81. The Hall–Kier alpha value is -0.500. The molecule has 7 heteroatoms. The lowest BCUT2D eigenvalue weighted by Crippen LogP contribution is -2.11. The molecule has 0 N–H and O–H groups in total. The van der Waals surface area contributed by atoms with Crippen molar-refractivity contribution in [3.05, 3.63) is 26.0 Å². The van der Waals surface area contributed by atoms with E-state index in [1.165, 1.54) is 6.07 Å². The Morgan fingerprint density at radius 2 is 2.29 bits per heavy atom. The number of hydrogen-bond donors (Lipinski definition) is 0. The van der Waals surface area contributed by atoms with E-state index in [1.807, 2.05) is 0 Å². The topological polar surface area (TPSA) is 39.2 Å². The van der Waals surface area contributed by atoms with Gasteiger partial charge in [0.2, 0.25) is 0 Å². The molecule has 0 aliphatic rings. The number of aromatic nitrogens is 1. The van der Waals surface area contributed by atoms with Crippen LogP contribution in [0.25, 0.3) is 0 Å². The Bertz CT molecular complexity index is 429.